The lowest BCUT2D eigenvalue weighted by molar-refractivity contribution is 0.101. The van der Waals surface area contributed by atoms with Gasteiger partial charge in [-0.3, -0.25) is 4.79 Å². The summed E-state index contributed by atoms with van der Waals surface area (Å²) in [5.74, 6) is -0.0122. The summed E-state index contributed by atoms with van der Waals surface area (Å²) in [6.45, 7) is 1.40. The highest BCUT2D eigenvalue weighted by Gasteiger charge is 2.11. The molecule has 0 fully saturated rings. The Kier molecular flexibility index (Phi) is 3.33. The zero-order chi connectivity index (χ0) is 10.0. The summed E-state index contributed by atoms with van der Waals surface area (Å²) >= 11 is 8.82. The molecule has 0 heterocycles. The highest BCUT2D eigenvalue weighted by Crippen LogP contribution is 2.28. The van der Waals surface area contributed by atoms with Gasteiger partial charge in [0.1, 0.15) is 5.75 Å². The van der Waals surface area contributed by atoms with Gasteiger partial charge in [0.15, 0.2) is 5.78 Å². The van der Waals surface area contributed by atoms with Crippen LogP contribution in [-0.2, 0) is 5.88 Å². The number of hydrogen-bond acceptors (Lipinski definition) is 2. The van der Waals surface area contributed by atoms with Crippen LogP contribution in [0.5, 0.6) is 5.75 Å². The molecule has 2 nitrogen and oxygen atoms in total. The Morgan fingerprint density at radius 1 is 1.62 bits per heavy atom. The van der Waals surface area contributed by atoms with Gasteiger partial charge in [-0.25, -0.2) is 0 Å². The average molecular weight is 264 g/mol. The molecule has 0 bridgehead atoms. The molecule has 1 rings (SSSR count). The summed E-state index contributed by atoms with van der Waals surface area (Å²) in [7, 11) is 0. The molecule has 0 spiro atoms. The molecule has 4 heteroatoms. The number of phenols is 1. The van der Waals surface area contributed by atoms with E-state index in [1.165, 1.54) is 6.92 Å². The van der Waals surface area contributed by atoms with Gasteiger partial charge < -0.3 is 5.11 Å². The molecular formula is C9H8BrClO2. The zero-order valence-electron chi connectivity index (χ0n) is 6.97. The van der Waals surface area contributed by atoms with E-state index in [-0.39, 0.29) is 17.4 Å². The number of carbonyl (C=O) groups excluding carboxylic acids is 1. The van der Waals surface area contributed by atoms with E-state index in [9.17, 15) is 9.90 Å². The van der Waals surface area contributed by atoms with Crippen LogP contribution in [0.15, 0.2) is 16.6 Å². The molecule has 0 saturated heterocycles. The number of carbonyl (C=O) groups is 1. The maximum atomic E-state index is 11.1. The van der Waals surface area contributed by atoms with E-state index in [1.54, 1.807) is 12.1 Å². The highest BCUT2D eigenvalue weighted by atomic mass is 79.9. The molecule has 0 unspecified atom stereocenters. The van der Waals surface area contributed by atoms with E-state index in [0.717, 1.165) is 4.47 Å². The summed E-state index contributed by atoms with van der Waals surface area (Å²) in [6.07, 6.45) is 0. The van der Waals surface area contributed by atoms with E-state index >= 15 is 0 Å². The molecule has 0 aromatic heterocycles. The van der Waals surface area contributed by atoms with Gasteiger partial charge in [-0.05, 0) is 19.1 Å². The predicted molar refractivity (Wildman–Crippen MR) is 55.4 cm³/mol. The van der Waals surface area contributed by atoms with Crippen molar-refractivity contribution in [1.29, 1.82) is 0 Å². The first-order chi connectivity index (χ1) is 6.06. The summed E-state index contributed by atoms with van der Waals surface area (Å²) < 4.78 is 0.742. The number of hydrogen-bond donors (Lipinski definition) is 1. The molecule has 0 amide bonds. The Balaban J connectivity index is 3.35. The Hall–Kier alpha value is -0.540. The van der Waals surface area contributed by atoms with Gasteiger partial charge >= 0.3 is 0 Å². The van der Waals surface area contributed by atoms with Crippen molar-refractivity contribution in [2.45, 2.75) is 12.8 Å². The molecule has 1 aromatic rings. The number of benzene rings is 1. The largest absolute Gasteiger partial charge is 0.507 e. The second-order valence-corrected chi connectivity index (χ2v) is 3.83. The first-order valence-corrected chi connectivity index (χ1v) is 4.97. The molecule has 1 N–H and O–H groups in total. The maximum absolute atomic E-state index is 11.1. The third kappa shape index (κ3) is 2.23. The maximum Gasteiger partial charge on any atom is 0.163 e. The summed E-state index contributed by atoms with van der Waals surface area (Å²) in [4.78, 5) is 11.1. The van der Waals surface area contributed by atoms with E-state index in [1.807, 2.05) is 0 Å². The van der Waals surface area contributed by atoms with Gasteiger partial charge in [0, 0.05) is 10.0 Å². The number of rotatable bonds is 2. The third-order valence-corrected chi connectivity index (χ3v) is 2.42. The Bertz CT molecular complexity index is 350. The van der Waals surface area contributed by atoms with Crippen LogP contribution in [0.4, 0.5) is 0 Å². The van der Waals surface area contributed by atoms with Gasteiger partial charge in [-0.15, -0.1) is 11.6 Å². The monoisotopic (exact) mass is 262 g/mol. The molecule has 0 aliphatic rings. The van der Waals surface area contributed by atoms with Gasteiger partial charge in [0.25, 0.3) is 0 Å². The molecule has 0 atom stereocenters. The number of halogens is 2. The second kappa shape index (κ2) is 4.11. The fraction of sp³-hybridized carbons (Fsp3) is 0.222. The second-order valence-electron chi connectivity index (χ2n) is 2.65. The standard InChI is InChI=1S/C9H8BrClO2/c1-5(12)8-3-7(10)2-6(4-11)9(8)13/h2-3,13H,4H2,1H3. The quantitative estimate of drug-likeness (QED) is 0.657. The molecule has 0 aliphatic heterocycles. The first kappa shape index (κ1) is 10.5. The Morgan fingerprint density at radius 2 is 2.23 bits per heavy atom. The molecule has 13 heavy (non-hydrogen) atoms. The molecule has 0 aliphatic carbocycles. The number of ketones is 1. The van der Waals surface area contributed by atoms with Crippen molar-refractivity contribution in [3.63, 3.8) is 0 Å². The minimum Gasteiger partial charge on any atom is -0.507 e. The topological polar surface area (TPSA) is 37.3 Å². The molecule has 0 radical (unpaired) electrons. The number of phenolic OH excluding ortho intramolecular Hbond substituents is 1. The van der Waals surface area contributed by atoms with Crippen LogP contribution < -0.4 is 0 Å². The van der Waals surface area contributed by atoms with Crippen molar-refractivity contribution >= 4 is 33.3 Å². The fourth-order valence-corrected chi connectivity index (χ4v) is 1.73. The van der Waals surface area contributed by atoms with Crippen LogP contribution in [0, 0.1) is 0 Å². The SMILES string of the molecule is CC(=O)c1cc(Br)cc(CCl)c1O. The Morgan fingerprint density at radius 3 is 2.69 bits per heavy atom. The smallest absolute Gasteiger partial charge is 0.163 e. The van der Waals surface area contributed by atoms with Crippen molar-refractivity contribution in [1.82, 2.24) is 0 Å². The zero-order valence-corrected chi connectivity index (χ0v) is 9.32. The number of Topliss-reactive ketones (excluding diaryl/α,β-unsaturated/α-hetero) is 1. The number of alkyl halides is 1. The highest BCUT2D eigenvalue weighted by molar-refractivity contribution is 9.10. The lowest BCUT2D eigenvalue weighted by Crippen LogP contribution is -1.95. The van der Waals surface area contributed by atoms with Gasteiger partial charge in [0.05, 0.1) is 11.4 Å². The van der Waals surface area contributed by atoms with Crippen molar-refractivity contribution in [2.24, 2.45) is 0 Å². The lowest BCUT2D eigenvalue weighted by Gasteiger charge is -2.06. The minimum atomic E-state index is -0.176. The van der Waals surface area contributed by atoms with Gasteiger partial charge in [-0.2, -0.15) is 0 Å². The van der Waals surface area contributed by atoms with Crippen molar-refractivity contribution < 1.29 is 9.90 Å². The van der Waals surface area contributed by atoms with Gasteiger partial charge in [0.2, 0.25) is 0 Å². The van der Waals surface area contributed by atoms with Crippen LogP contribution in [0.25, 0.3) is 0 Å². The van der Waals surface area contributed by atoms with Crippen LogP contribution >= 0.6 is 27.5 Å². The summed E-state index contributed by atoms with van der Waals surface area (Å²) in [6, 6.07) is 3.27. The average Bonchev–Trinajstić information content (AvgIpc) is 2.08. The van der Waals surface area contributed by atoms with Crippen LogP contribution in [0.2, 0.25) is 0 Å². The van der Waals surface area contributed by atoms with Crippen LogP contribution in [-0.4, -0.2) is 10.9 Å². The Labute approximate surface area is 89.7 Å². The minimum absolute atomic E-state index is 0.0225. The molecule has 70 valence electrons. The predicted octanol–water partition coefficient (Wildman–Crippen LogP) is 3.10. The summed E-state index contributed by atoms with van der Waals surface area (Å²) in [5.41, 5.74) is 0.853. The molecule has 0 saturated carbocycles. The summed E-state index contributed by atoms with van der Waals surface area (Å²) in [5, 5.41) is 9.56. The molecule has 1 aromatic carbocycles. The molecular weight excluding hydrogens is 255 g/mol. The first-order valence-electron chi connectivity index (χ1n) is 3.64. The van der Waals surface area contributed by atoms with E-state index in [2.05, 4.69) is 15.9 Å². The van der Waals surface area contributed by atoms with E-state index in [0.29, 0.717) is 11.1 Å². The van der Waals surface area contributed by atoms with Crippen molar-refractivity contribution in [2.75, 3.05) is 0 Å². The van der Waals surface area contributed by atoms with Crippen molar-refractivity contribution in [3.8, 4) is 5.75 Å². The van der Waals surface area contributed by atoms with Crippen LogP contribution in [0.1, 0.15) is 22.8 Å². The third-order valence-electron chi connectivity index (χ3n) is 1.68. The van der Waals surface area contributed by atoms with Crippen LogP contribution in [0.3, 0.4) is 0 Å². The van der Waals surface area contributed by atoms with E-state index in [4.69, 9.17) is 11.6 Å². The van der Waals surface area contributed by atoms with Gasteiger partial charge in [-0.1, -0.05) is 15.9 Å². The van der Waals surface area contributed by atoms with Crippen molar-refractivity contribution in [3.05, 3.63) is 27.7 Å². The number of aromatic hydroxyl groups is 1. The fourth-order valence-electron chi connectivity index (χ4n) is 1.03. The lowest BCUT2D eigenvalue weighted by atomic mass is 10.1. The van der Waals surface area contributed by atoms with E-state index < -0.39 is 0 Å². The normalized spacial score (nSPS) is 10.1.